The number of Topliss-reactive ketones (excluding diaryl/α,β-unsaturated/α-hetero) is 1. The smallest absolute Gasteiger partial charge is 0.191 e. The van der Waals surface area contributed by atoms with Crippen molar-refractivity contribution >= 4 is 29.1 Å². The third-order valence-electron chi connectivity index (χ3n) is 3.50. The van der Waals surface area contributed by atoms with Gasteiger partial charge < -0.3 is 4.57 Å². The minimum Gasteiger partial charge on any atom is -0.306 e. The van der Waals surface area contributed by atoms with Gasteiger partial charge in [0.15, 0.2) is 10.9 Å². The maximum atomic E-state index is 12.2. The molecular formula is C15H16ClN3OS. The Balaban J connectivity index is 1.67. The van der Waals surface area contributed by atoms with Gasteiger partial charge in [0.1, 0.15) is 5.82 Å². The second-order valence-electron chi connectivity index (χ2n) is 5.08. The fourth-order valence-electron chi connectivity index (χ4n) is 2.20. The fraction of sp³-hybridized carbons (Fsp3) is 0.400. The highest BCUT2D eigenvalue weighted by Gasteiger charge is 2.30. The highest BCUT2D eigenvalue weighted by atomic mass is 35.5. The summed E-state index contributed by atoms with van der Waals surface area (Å²) < 4.78 is 2.12. The lowest BCUT2D eigenvalue weighted by Gasteiger charge is -2.06. The first-order chi connectivity index (χ1) is 10.2. The van der Waals surface area contributed by atoms with Crippen molar-refractivity contribution in [2.75, 3.05) is 5.75 Å². The largest absolute Gasteiger partial charge is 0.306 e. The van der Waals surface area contributed by atoms with Crippen LogP contribution in [-0.2, 0) is 6.54 Å². The molecule has 0 aliphatic heterocycles. The summed E-state index contributed by atoms with van der Waals surface area (Å²) in [5.74, 6) is 2.08. The molecule has 6 heteroatoms. The van der Waals surface area contributed by atoms with E-state index in [0.29, 0.717) is 22.3 Å². The summed E-state index contributed by atoms with van der Waals surface area (Å²) in [7, 11) is 0. The van der Waals surface area contributed by atoms with E-state index in [-0.39, 0.29) is 5.78 Å². The Bertz CT molecular complexity index is 649. The molecule has 0 radical (unpaired) electrons. The lowest BCUT2D eigenvalue weighted by atomic mass is 10.1. The summed E-state index contributed by atoms with van der Waals surface area (Å²) in [5, 5.41) is 9.98. The lowest BCUT2D eigenvalue weighted by Crippen LogP contribution is -2.05. The highest BCUT2D eigenvalue weighted by Crippen LogP contribution is 2.40. The number of hydrogen-bond donors (Lipinski definition) is 0. The molecule has 0 amide bonds. The van der Waals surface area contributed by atoms with Crippen LogP contribution >= 0.6 is 23.4 Å². The van der Waals surface area contributed by atoms with Crippen LogP contribution in [0.4, 0.5) is 0 Å². The van der Waals surface area contributed by atoms with Gasteiger partial charge in [-0.2, -0.15) is 0 Å². The summed E-state index contributed by atoms with van der Waals surface area (Å²) >= 11 is 7.28. The second kappa shape index (κ2) is 6.20. The van der Waals surface area contributed by atoms with Crippen molar-refractivity contribution in [3.8, 4) is 0 Å². The van der Waals surface area contributed by atoms with Crippen molar-refractivity contribution in [1.82, 2.24) is 14.8 Å². The molecule has 0 atom stereocenters. The van der Waals surface area contributed by atoms with Gasteiger partial charge in [-0.05, 0) is 44.0 Å². The van der Waals surface area contributed by atoms with Crippen molar-refractivity contribution < 1.29 is 4.79 Å². The third-order valence-corrected chi connectivity index (χ3v) is 4.72. The van der Waals surface area contributed by atoms with Gasteiger partial charge in [0.25, 0.3) is 0 Å². The zero-order valence-corrected chi connectivity index (χ0v) is 13.3. The van der Waals surface area contributed by atoms with Crippen LogP contribution in [0.5, 0.6) is 0 Å². The first kappa shape index (κ1) is 14.6. The molecule has 1 aromatic carbocycles. The monoisotopic (exact) mass is 321 g/mol. The maximum absolute atomic E-state index is 12.2. The van der Waals surface area contributed by atoms with Crippen LogP contribution in [0.2, 0.25) is 5.02 Å². The van der Waals surface area contributed by atoms with Crippen molar-refractivity contribution in [2.24, 2.45) is 0 Å². The van der Waals surface area contributed by atoms with Crippen LogP contribution in [0.3, 0.4) is 0 Å². The molecular weight excluding hydrogens is 306 g/mol. The quantitative estimate of drug-likeness (QED) is 0.599. The van der Waals surface area contributed by atoms with Gasteiger partial charge in [0.05, 0.1) is 5.75 Å². The first-order valence-corrected chi connectivity index (χ1v) is 8.40. The van der Waals surface area contributed by atoms with Crippen molar-refractivity contribution in [1.29, 1.82) is 0 Å². The van der Waals surface area contributed by atoms with Gasteiger partial charge in [-0.1, -0.05) is 23.4 Å². The first-order valence-electron chi connectivity index (χ1n) is 7.03. The molecule has 21 heavy (non-hydrogen) atoms. The second-order valence-corrected chi connectivity index (χ2v) is 6.46. The van der Waals surface area contributed by atoms with Crippen LogP contribution in [0.15, 0.2) is 29.4 Å². The number of carbonyl (C=O) groups excluding carboxylic acids is 1. The van der Waals surface area contributed by atoms with E-state index in [2.05, 4.69) is 21.7 Å². The molecule has 2 aromatic rings. The van der Waals surface area contributed by atoms with Crippen LogP contribution < -0.4 is 0 Å². The van der Waals surface area contributed by atoms with Crippen LogP contribution in [0, 0.1) is 0 Å². The van der Waals surface area contributed by atoms with E-state index < -0.39 is 0 Å². The van der Waals surface area contributed by atoms with Gasteiger partial charge in [0, 0.05) is 23.0 Å². The lowest BCUT2D eigenvalue weighted by molar-refractivity contribution is 0.102. The molecule has 1 heterocycles. The molecule has 0 N–H and O–H groups in total. The molecule has 1 aromatic heterocycles. The number of carbonyl (C=O) groups is 1. The van der Waals surface area contributed by atoms with E-state index in [9.17, 15) is 4.79 Å². The molecule has 0 unspecified atom stereocenters. The number of rotatable bonds is 6. The topological polar surface area (TPSA) is 47.8 Å². The molecule has 4 nitrogen and oxygen atoms in total. The maximum Gasteiger partial charge on any atom is 0.191 e. The van der Waals surface area contributed by atoms with Crippen molar-refractivity contribution in [3.05, 3.63) is 40.7 Å². The van der Waals surface area contributed by atoms with E-state index in [0.717, 1.165) is 17.5 Å². The molecule has 0 bridgehead atoms. The average Bonchev–Trinajstić information content (AvgIpc) is 3.25. The van der Waals surface area contributed by atoms with E-state index in [4.69, 9.17) is 11.6 Å². The number of hydrogen-bond acceptors (Lipinski definition) is 4. The standard InChI is InChI=1S/C15H16ClN3OS/c1-2-19-14(11-3-4-11)17-18-15(19)21-9-13(20)10-5-7-12(16)8-6-10/h5-8,11H,2-4,9H2,1H3. The van der Waals surface area contributed by atoms with Gasteiger partial charge in [0.2, 0.25) is 0 Å². The van der Waals surface area contributed by atoms with Crippen molar-refractivity contribution in [3.63, 3.8) is 0 Å². The summed E-state index contributed by atoms with van der Waals surface area (Å²) in [6.45, 7) is 2.93. The Labute approximate surface area is 132 Å². The Morgan fingerprint density at radius 3 is 2.67 bits per heavy atom. The number of nitrogens with zero attached hydrogens (tertiary/aromatic N) is 3. The minimum atomic E-state index is 0.0790. The summed E-state index contributed by atoms with van der Waals surface area (Å²) in [6, 6.07) is 6.98. The predicted molar refractivity (Wildman–Crippen MR) is 84.2 cm³/mol. The molecule has 110 valence electrons. The number of ketones is 1. The molecule has 0 spiro atoms. The van der Waals surface area contributed by atoms with E-state index in [1.165, 1.54) is 24.6 Å². The molecule has 1 saturated carbocycles. The van der Waals surface area contributed by atoms with Gasteiger partial charge >= 0.3 is 0 Å². The van der Waals surface area contributed by atoms with Gasteiger partial charge in [-0.15, -0.1) is 10.2 Å². The average molecular weight is 322 g/mol. The van der Waals surface area contributed by atoms with E-state index in [1.54, 1.807) is 24.3 Å². The normalized spacial score (nSPS) is 14.4. The van der Waals surface area contributed by atoms with Crippen LogP contribution in [-0.4, -0.2) is 26.3 Å². The predicted octanol–water partition coefficient (Wildman–Crippen LogP) is 3.80. The van der Waals surface area contributed by atoms with E-state index >= 15 is 0 Å². The molecule has 1 aliphatic rings. The Kier molecular flexibility index (Phi) is 4.31. The zero-order chi connectivity index (χ0) is 14.8. The SMILES string of the molecule is CCn1c(SCC(=O)c2ccc(Cl)cc2)nnc1C1CC1. The Hall–Kier alpha value is -1.33. The highest BCUT2D eigenvalue weighted by molar-refractivity contribution is 7.99. The molecule has 1 aliphatic carbocycles. The Morgan fingerprint density at radius 2 is 2.05 bits per heavy atom. The van der Waals surface area contributed by atoms with Gasteiger partial charge in [-0.3, -0.25) is 4.79 Å². The summed E-state index contributed by atoms with van der Waals surface area (Å²) in [5.41, 5.74) is 0.678. The summed E-state index contributed by atoms with van der Waals surface area (Å²) in [6.07, 6.45) is 2.40. The molecule has 1 fully saturated rings. The zero-order valence-electron chi connectivity index (χ0n) is 11.8. The number of thioether (sulfide) groups is 1. The van der Waals surface area contributed by atoms with Gasteiger partial charge in [-0.25, -0.2) is 0 Å². The van der Waals surface area contributed by atoms with E-state index in [1.807, 2.05) is 0 Å². The minimum absolute atomic E-state index is 0.0790. The van der Waals surface area contributed by atoms with Crippen molar-refractivity contribution in [2.45, 2.75) is 37.4 Å². The third kappa shape index (κ3) is 3.30. The Morgan fingerprint density at radius 1 is 1.33 bits per heavy atom. The number of halogens is 1. The summed E-state index contributed by atoms with van der Waals surface area (Å²) in [4.78, 5) is 12.2. The number of aromatic nitrogens is 3. The van der Waals surface area contributed by atoms with Crippen LogP contribution in [0.1, 0.15) is 41.9 Å². The fourth-order valence-corrected chi connectivity index (χ4v) is 3.23. The molecule has 3 rings (SSSR count). The molecule has 0 saturated heterocycles. The van der Waals surface area contributed by atoms with Crippen LogP contribution in [0.25, 0.3) is 0 Å². The number of benzene rings is 1.